The molecule has 1 N–H and O–H groups in total. The van der Waals surface area contributed by atoms with Gasteiger partial charge >= 0.3 is 0 Å². The molecule has 21 heavy (non-hydrogen) atoms. The van der Waals surface area contributed by atoms with Crippen LogP contribution in [0.25, 0.3) is 10.4 Å². The molecule has 1 aliphatic rings. The smallest absolute Gasteiger partial charge is 0.256 e. The second kappa shape index (κ2) is 5.83. The number of nitrogens with one attached hydrogen (secondary N) is 1. The number of rotatable bonds is 2. The molecular weight excluding hydrogens is 308 g/mol. The van der Waals surface area contributed by atoms with Gasteiger partial charge in [0.15, 0.2) is 0 Å². The van der Waals surface area contributed by atoms with E-state index in [9.17, 15) is 4.79 Å². The summed E-state index contributed by atoms with van der Waals surface area (Å²) in [7, 11) is 0. The topological polar surface area (TPSA) is 45.3 Å². The number of aromatic amines is 1. The number of morpholine rings is 1. The van der Waals surface area contributed by atoms with E-state index < -0.39 is 0 Å². The summed E-state index contributed by atoms with van der Waals surface area (Å²) in [5.41, 5.74) is 1.60. The maximum Gasteiger partial charge on any atom is 0.256 e. The highest BCUT2D eigenvalue weighted by molar-refractivity contribution is 7.19. The summed E-state index contributed by atoms with van der Waals surface area (Å²) in [4.78, 5) is 18.7. The summed E-state index contributed by atoms with van der Waals surface area (Å²) in [6.45, 7) is 5.23. The number of ether oxygens (including phenoxy) is 1. The number of hydrogen-bond donors (Lipinski definition) is 1. The number of hydrogen-bond acceptors (Lipinski definition) is 3. The molecule has 1 aliphatic heterocycles. The second-order valence-electron chi connectivity index (χ2n) is 5.35. The molecule has 0 saturated carbocycles. The largest absolute Gasteiger partial charge is 0.372 e. The van der Waals surface area contributed by atoms with Crippen LogP contribution in [-0.2, 0) is 4.74 Å². The van der Waals surface area contributed by atoms with E-state index in [0.717, 1.165) is 14.8 Å². The average molecular weight is 325 g/mol. The fourth-order valence-corrected chi connectivity index (χ4v) is 3.79. The lowest BCUT2D eigenvalue weighted by Crippen LogP contribution is -2.48. The fourth-order valence-electron chi connectivity index (χ4n) is 2.72. The van der Waals surface area contributed by atoms with Crippen LogP contribution < -0.4 is 0 Å². The quantitative estimate of drug-likeness (QED) is 0.916. The minimum atomic E-state index is 0.0396. The van der Waals surface area contributed by atoms with Crippen molar-refractivity contribution in [1.82, 2.24) is 9.88 Å². The van der Waals surface area contributed by atoms with Gasteiger partial charge in [0, 0.05) is 35.9 Å². The Morgan fingerprint density at radius 1 is 1.33 bits per heavy atom. The Balaban J connectivity index is 1.87. The Morgan fingerprint density at radius 3 is 2.67 bits per heavy atom. The Bertz CT molecular complexity index is 642. The van der Waals surface area contributed by atoms with Crippen LogP contribution in [0.1, 0.15) is 24.2 Å². The van der Waals surface area contributed by atoms with Crippen molar-refractivity contribution in [2.45, 2.75) is 26.1 Å². The molecule has 0 radical (unpaired) electrons. The lowest BCUT2D eigenvalue weighted by atomic mass is 10.1. The van der Waals surface area contributed by atoms with Crippen LogP contribution in [0.2, 0.25) is 4.34 Å². The highest BCUT2D eigenvalue weighted by Crippen LogP contribution is 2.33. The van der Waals surface area contributed by atoms with Crippen LogP contribution in [0.15, 0.2) is 24.5 Å². The van der Waals surface area contributed by atoms with Crippen LogP contribution in [0.4, 0.5) is 0 Å². The molecule has 4 nitrogen and oxygen atoms in total. The maximum absolute atomic E-state index is 12.8. The van der Waals surface area contributed by atoms with Crippen molar-refractivity contribution in [1.29, 1.82) is 0 Å². The van der Waals surface area contributed by atoms with Gasteiger partial charge in [0.2, 0.25) is 0 Å². The Morgan fingerprint density at radius 2 is 2.05 bits per heavy atom. The first-order valence-electron chi connectivity index (χ1n) is 6.92. The van der Waals surface area contributed by atoms with Crippen LogP contribution in [-0.4, -0.2) is 41.1 Å². The SMILES string of the molecule is CC1CN(C(=O)c2c[nH]cc2-c2ccc(Cl)s2)CC(C)O1. The first-order valence-corrected chi connectivity index (χ1v) is 8.11. The molecule has 3 heterocycles. The number of carbonyl (C=O) groups is 1. The number of thiophene rings is 1. The zero-order valence-electron chi connectivity index (χ0n) is 11.9. The third kappa shape index (κ3) is 3.00. The van der Waals surface area contributed by atoms with Gasteiger partial charge in [-0.2, -0.15) is 0 Å². The van der Waals surface area contributed by atoms with Crippen molar-refractivity contribution < 1.29 is 9.53 Å². The first kappa shape index (κ1) is 14.6. The fraction of sp³-hybridized carbons (Fsp3) is 0.400. The van der Waals surface area contributed by atoms with E-state index >= 15 is 0 Å². The van der Waals surface area contributed by atoms with Gasteiger partial charge in [-0.05, 0) is 26.0 Å². The summed E-state index contributed by atoms with van der Waals surface area (Å²) in [6, 6.07) is 3.79. The third-order valence-corrected chi connectivity index (χ3v) is 4.79. The number of aromatic nitrogens is 1. The van der Waals surface area contributed by atoms with E-state index in [0.29, 0.717) is 18.7 Å². The Labute approximate surface area is 132 Å². The summed E-state index contributed by atoms with van der Waals surface area (Å²) in [5, 5.41) is 0. The zero-order chi connectivity index (χ0) is 15.0. The highest BCUT2D eigenvalue weighted by atomic mass is 35.5. The average Bonchev–Trinajstić information content (AvgIpc) is 3.04. The molecule has 2 aromatic rings. The van der Waals surface area contributed by atoms with E-state index in [2.05, 4.69) is 4.98 Å². The lowest BCUT2D eigenvalue weighted by molar-refractivity contribution is -0.0585. The van der Waals surface area contributed by atoms with Gasteiger partial charge in [-0.25, -0.2) is 0 Å². The van der Waals surface area contributed by atoms with Gasteiger partial charge in [0.05, 0.1) is 22.1 Å². The van der Waals surface area contributed by atoms with Crippen molar-refractivity contribution in [3.63, 3.8) is 0 Å². The summed E-state index contributed by atoms with van der Waals surface area (Å²) in [6.07, 6.45) is 3.74. The molecule has 2 aromatic heterocycles. The van der Waals surface area contributed by atoms with E-state index in [1.165, 1.54) is 11.3 Å². The van der Waals surface area contributed by atoms with Gasteiger partial charge in [-0.1, -0.05) is 11.6 Å². The molecule has 0 aliphatic carbocycles. The zero-order valence-corrected chi connectivity index (χ0v) is 13.5. The Kier molecular flexibility index (Phi) is 4.06. The van der Waals surface area contributed by atoms with Gasteiger partial charge in [0.25, 0.3) is 5.91 Å². The van der Waals surface area contributed by atoms with Crippen molar-refractivity contribution >= 4 is 28.8 Å². The molecule has 0 aromatic carbocycles. The predicted octanol–water partition coefficient (Wildman–Crippen LogP) is 3.65. The van der Waals surface area contributed by atoms with E-state index in [4.69, 9.17) is 16.3 Å². The van der Waals surface area contributed by atoms with Crippen molar-refractivity contribution in [3.05, 3.63) is 34.4 Å². The molecule has 0 spiro atoms. The minimum absolute atomic E-state index is 0.0396. The first-order chi connectivity index (χ1) is 10.0. The van der Waals surface area contributed by atoms with Crippen LogP contribution in [0.3, 0.4) is 0 Å². The van der Waals surface area contributed by atoms with Crippen LogP contribution >= 0.6 is 22.9 Å². The standard InChI is InChI=1S/C15H17ClN2O2S/c1-9-7-18(8-10(2)20-9)15(19)12-6-17-5-11(12)13-3-4-14(16)21-13/h3-6,9-10,17H,7-8H2,1-2H3. The summed E-state index contributed by atoms with van der Waals surface area (Å²) in [5.74, 6) is 0.0396. The molecule has 3 rings (SSSR count). The second-order valence-corrected chi connectivity index (χ2v) is 7.07. The van der Waals surface area contributed by atoms with Crippen LogP contribution in [0, 0.1) is 0 Å². The van der Waals surface area contributed by atoms with E-state index in [1.54, 1.807) is 6.20 Å². The van der Waals surface area contributed by atoms with Crippen molar-refractivity contribution in [3.8, 4) is 10.4 Å². The van der Waals surface area contributed by atoms with Crippen LogP contribution in [0.5, 0.6) is 0 Å². The number of halogens is 1. The molecule has 0 bridgehead atoms. The third-order valence-electron chi connectivity index (χ3n) is 3.52. The highest BCUT2D eigenvalue weighted by Gasteiger charge is 2.28. The molecule has 1 fully saturated rings. The van der Waals surface area contributed by atoms with Gasteiger partial charge in [-0.3, -0.25) is 4.79 Å². The van der Waals surface area contributed by atoms with Crippen molar-refractivity contribution in [2.75, 3.05) is 13.1 Å². The molecule has 6 heteroatoms. The monoisotopic (exact) mass is 324 g/mol. The molecule has 2 atom stereocenters. The number of H-pyrrole nitrogens is 1. The van der Waals surface area contributed by atoms with E-state index in [-0.39, 0.29) is 18.1 Å². The molecule has 1 saturated heterocycles. The molecular formula is C15H17ClN2O2S. The molecule has 2 unspecified atom stereocenters. The van der Waals surface area contributed by atoms with Gasteiger partial charge in [0.1, 0.15) is 0 Å². The number of nitrogens with zero attached hydrogens (tertiary/aromatic N) is 1. The van der Waals surface area contributed by atoms with Crippen molar-refractivity contribution in [2.24, 2.45) is 0 Å². The van der Waals surface area contributed by atoms with E-state index in [1.807, 2.05) is 37.1 Å². The number of carbonyl (C=O) groups excluding carboxylic acids is 1. The summed E-state index contributed by atoms with van der Waals surface area (Å²) < 4.78 is 6.41. The Hall–Kier alpha value is -1.30. The van der Waals surface area contributed by atoms with Gasteiger partial charge < -0.3 is 14.6 Å². The maximum atomic E-state index is 12.8. The normalized spacial score (nSPS) is 22.5. The predicted molar refractivity (Wildman–Crippen MR) is 85.0 cm³/mol. The van der Waals surface area contributed by atoms with Gasteiger partial charge in [-0.15, -0.1) is 11.3 Å². The summed E-state index contributed by atoms with van der Waals surface area (Å²) >= 11 is 7.47. The number of amides is 1. The lowest BCUT2D eigenvalue weighted by Gasteiger charge is -2.35. The molecule has 112 valence electrons. The minimum Gasteiger partial charge on any atom is -0.372 e. The molecule has 1 amide bonds.